The Morgan fingerprint density at radius 1 is 1.17 bits per heavy atom. The molecule has 0 saturated heterocycles. The molecule has 1 unspecified atom stereocenters. The number of tetrazole rings is 1. The van der Waals surface area contributed by atoms with Crippen molar-refractivity contribution in [3.05, 3.63) is 40.8 Å². The minimum atomic E-state index is -0.572. The molecule has 0 aliphatic heterocycles. The van der Waals surface area contributed by atoms with Crippen LogP contribution < -0.4 is 11.0 Å². The van der Waals surface area contributed by atoms with Crippen LogP contribution in [0.5, 0.6) is 0 Å². The van der Waals surface area contributed by atoms with Gasteiger partial charge in [-0.3, -0.25) is 0 Å². The highest BCUT2D eigenvalue weighted by Gasteiger charge is 2.17. The van der Waals surface area contributed by atoms with Crippen molar-refractivity contribution in [2.45, 2.75) is 52.0 Å². The van der Waals surface area contributed by atoms with Crippen LogP contribution in [0, 0.1) is 0 Å². The normalized spacial score (nSPS) is 12.1. The van der Waals surface area contributed by atoms with Crippen LogP contribution in [0.2, 0.25) is 0 Å². The van der Waals surface area contributed by atoms with Gasteiger partial charge in [0.15, 0.2) is 0 Å². The van der Waals surface area contributed by atoms with Crippen LogP contribution in [0.4, 0.5) is 4.79 Å². The third-order valence-corrected chi connectivity index (χ3v) is 3.75. The van der Waals surface area contributed by atoms with Gasteiger partial charge < -0.3 is 5.32 Å². The molecule has 0 aliphatic rings. The summed E-state index contributed by atoms with van der Waals surface area (Å²) in [6, 6.07) is 8.41. The summed E-state index contributed by atoms with van der Waals surface area (Å²) in [6.45, 7) is 4.15. The number of carbonyl (C=O) groups excluding carboxylic acids is 1. The van der Waals surface area contributed by atoms with Crippen LogP contribution in [0.1, 0.15) is 46.0 Å². The molecule has 1 amide bonds. The van der Waals surface area contributed by atoms with E-state index in [0.29, 0.717) is 5.69 Å². The molecule has 2 aromatic rings. The topological polar surface area (TPSA) is 81.8 Å². The van der Waals surface area contributed by atoms with Crippen LogP contribution in [0.25, 0.3) is 5.69 Å². The van der Waals surface area contributed by atoms with Crippen LogP contribution in [-0.4, -0.2) is 31.9 Å². The third-order valence-electron chi connectivity index (χ3n) is 3.75. The molecule has 0 aliphatic carbocycles. The summed E-state index contributed by atoms with van der Waals surface area (Å²) >= 11 is 0. The number of carbonyl (C=O) groups is 1. The quantitative estimate of drug-likeness (QED) is 0.628. The standard InChI is InChI=1S/C16H23N5O2/c1-3-5-7-10-13(4-2)17-15(22)21-16(23)20(18-19-21)14-11-8-6-9-12-14/h6,8-9,11-13H,3-5,7,10H2,1-2H3,(H,17,22). The molecule has 1 heterocycles. The number of hydrogen-bond acceptors (Lipinski definition) is 4. The number of rotatable bonds is 7. The Hall–Kier alpha value is -2.44. The van der Waals surface area contributed by atoms with Crippen molar-refractivity contribution in [2.75, 3.05) is 0 Å². The van der Waals surface area contributed by atoms with Crippen molar-refractivity contribution >= 4 is 6.03 Å². The van der Waals surface area contributed by atoms with Gasteiger partial charge in [0, 0.05) is 6.04 Å². The van der Waals surface area contributed by atoms with Gasteiger partial charge in [-0.25, -0.2) is 9.59 Å². The van der Waals surface area contributed by atoms with Crippen LogP contribution in [0.15, 0.2) is 35.1 Å². The summed E-state index contributed by atoms with van der Waals surface area (Å²) in [7, 11) is 0. The molecule has 0 saturated carbocycles. The van der Waals surface area contributed by atoms with E-state index in [0.717, 1.165) is 41.5 Å². The highest BCUT2D eigenvalue weighted by Crippen LogP contribution is 2.06. The van der Waals surface area contributed by atoms with Crippen LogP contribution in [-0.2, 0) is 0 Å². The molecule has 23 heavy (non-hydrogen) atoms. The first-order chi connectivity index (χ1) is 11.2. The largest absolute Gasteiger partial charge is 0.377 e. The summed E-state index contributed by atoms with van der Waals surface area (Å²) in [5.74, 6) is 0. The van der Waals surface area contributed by atoms with E-state index in [4.69, 9.17) is 0 Å². The van der Waals surface area contributed by atoms with Gasteiger partial charge in [-0.15, -0.1) is 4.68 Å². The SMILES string of the molecule is CCCCCC(CC)NC(=O)n1nnn(-c2ccccc2)c1=O. The fourth-order valence-electron chi connectivity index (χ4n) is 2.36. The zero-order valence-corrected chi connectivity index (χ0v) is 13.6. The Balaban J connectivity index is 2.08. The van der Waals surface area contributed by atoms with Crippen molar-refractivity contribution in [3.8, 4) is 5.69 Å². The zero-order valence-electron chi connectivity index (χ0n) is 13.6. The second-order valence-corrected chi connectivity index (χ2v) is 5.47. The summed E-state index contributed by atoms with van der Waals surface area (Å²) in [6.07, 6.45) is 5.04. The minimum absolute atomic E-state index is 0.0443. The van der Waals surface area contributed by atoms with Gasteiger partial charge in [-0.1, -0.05) is 51.3 Å². The molecule has 124 valence electrons. The van der Waals surface area contributed by atoms with Crippen LogP contribution >= 0.6 is 0 Å². The number of unbranched alkanes of at least 4 members (excludes halogenated alkanes) is 2. The number of amides is 1. The van der Waals surface area contributed by atoms with Gasteiger partial charge in [0.25, 0.3) is 0 Å². The maximum absolute atomic E-state index is 12.3. The highest BCUT2D eigenvalue weighted by molar-refractivity contribution is 5.75. The van der Waals surface area contributed by atoms with E-state index in [1.807, 2.05) is 13.0 Å². The van der Waals surface area contributed by atoms with Gasteiger partial charge >= 0.3 is 11.7 Å². The lowest BCUT2D eigenvalue weighted by Gasteiger charge is -2.15. The fourth-order valence-corrected chi connectivity index (χ4v) is 2.36. The molecule has 7 heteroatoms. The summed E-state index contributed by atoms with van der Waals surface area (Å²) in [4.78, 5) is 24.5. The Labute approximate surface area is 135 Å². The average Bonchev–Trinajstić information content (AvgIpc) is 2.96. The first kappa shape index (κ1) is 16.9. The molecule has 0 fully saturated rings. The van der Waals surface area contributed by atoms with Gasteiger partial charge in [-0.05, 0) is 35.4 Å². The lowest BCUT2D eigenvalue weighted by Crippen LogP contribution is -2.42. The molecule has 0 bridgehead atoms. The maximum atomic E-state index is 12.3. The minimum Gasteiger partial charge on any atom is -0.333 e. The van der Waals surface area contributed by atoms with Crippen molar-refractivity contribution in [1.29, 1.82) is 0 Å². The van der Waals surface area contributed by atoms with E-state index >= 15 is 0 Å². The second kappa shape index (κ2) is 8.26. The van der Waals surface area contributed by atoms with Gasteiger partial charge in [0.2, 0.25) is 0 Å². The highest BCUT2D eigenvalue weighted by atomic mass is 16.2. The number of para-hydroxylation sites is 1. The fraction of sp³-hybridized carbons (Fsp3) is 0.500. The van der Waals surface area contributed by atoms with Gasteiger partial charge in [-0.2, -0.15) is 4.68 Å². The van der Waals surface area contributed by atoms with Crippen molar-refractivity contribution in [2.24, 2.45) is 0 Å². The van der Waals surface area contributed by atoms with Crippen LogP contribution in [0.3, 0.4) is 0 Å². The molecular weight excluding hydrogens is 294 g/mol. The second-order valence-electron chi connectivity index (χ2n) is 5.47. The third kappa shape index (κ3) is 4.28. The van der Waals surface area contributed by atoms with E-state index in [2.05, 4.69) is 22.7 Å². The first-order valence-corrected chi connectivity index (χ1v) is 8.08. The zero-order chi connectivity index (χ0) is 16.7. The van der Waals surface area contributed by atoms with E-state index in [-0.39, 0.29) is 6.04 Å². The van der Waals surface area contributed by atoms with E-state index in [9.17, 15) is 9.59 Å². The van der Waals surface area contributed by atoms with Crippen molar-refractivity contribution in [3.63, 3.8) is 0 Å². The number of aromatic nitrogens is 4. The molecule has 1 N–H and O–H groups in total. The lowest BCUT2D eigenvalue weighted by molar-refractivity contribution is 0.232. The van der Waals surface area contributed by atoms with Crippen molar-refractivity contribution in [1.82, 2.24) is 25.1 Å². The van der Waals surface area contributed by atoms with E-state index in [1.54, 1.807) is 24.3 Å². The lowest BCUT2D eigenvalue weighted by atomic mass is 10.1. The van der Waals surface area contributed by atoms with Gasteiger partial charge in [0.1, 0.15) is 0 Å². The molecular formula is C16H23N5O2. The maximum Gasteiger partial charge on any atom is 0.377 e. The van der Waals surface area contributed by atoms with Crippen molar-refractivity contribution < 1.29 is 4.79 Å². The molecule has 1 aromatic carbocycles. The number of hydrogen-bond donors (Lipinski definition) is 1. The number of benzene rings is 1. The van der Waals surface area contributed by atoms with E-state index < -0.39 is 11.7 Å². The molecule has 2 rings (SSSR count). The summed E-state index contributed by atoms with van der Waals surface area (Å²) in [5, 5.41) is 10.3. The van der Waals surface area contributed by atoms with Gasteiger partial charge in [0.05, 0.1) is 5.69 Å². The molecule has 1 atom stereocenters. The Bertz CT molecular complexity index is 677. The van der Waals surface area contributed by atoms with E-state index in [1.165, 1.54) is 0 Å². The Morgan fingerprint density at radius 2 is 1.91 bits per heavy atom. The summed E-state index contributed by atoms with van der Waals surface area (Å²) in [5.41, 5.74) is 0.00338. The average molecular weight is 317 g/mol. The Morgan fingerprint density at radius 3 is 2.57 bits per heavy atom. The molecule has 0 spiro atoms. The smallest absolute Gasteiger partial charge is 0.333 e. The number of nitrogens with zero attached hydrogens (tertiary/aromatic N) is 4. The monoisotopic (exact) mass is 317 g/mol. The predicted octanol–water partition coefficient (Wildman–Crippen LogP) is 2.35. The molecule has 1 aromatic heterocycles. The number of nitrogens with one attached hydrogen (secondary N) is 1. The first-order valence-electron chi connectivity index (χ1n) is 8.08. The Kier molecular flexibility index (Phi) is 6.08. The molecule has 0 radical (unpaired) electrons. The molecule has 7 nitrogen and oxygen atoms in total. The predicted molar refractivity (Wildman–Crippen MR) is 87.8 cm³/mol. The summed E-state index contributed by atoms with van der Waals surface area (Å²) < 4.78 is 1.88.